The summed E-state index contributed by atoms with van der Waals surface area (Å²) in [6, 6.07) is 12.6. The minimum Gasteiger partial charge on any atom is -0.349 e. The van der Waals surface area contributed by atoms with Gasteiger partial charge in [0.05, 0.1) is 16.6 Å². The van der Waals surface area contributed by atoms with Crippen molar-refractivity contribution in [3.63, 3.8) is 0 Å². The Labute approximate surface area is 181 Å². The number of nitrogens with zero attached hydrogens (tertiary/aromatic N) is 3. The molecule has 5 rings (SSSR count). The number of para-hydroxylation sites is 2. The van der Waals surface area contributed by atoms with E-state index < -0.39 is 0 Å². The van der Waals surface area contributed by atoms with Gasteiger partial charge in [-0.3, -0.25) is 14.3 Å². The van der Waals surface area contributed by atoms with Crippen LogP contribution in [-0.4, -0.2) is 50.5 Å². The maximum Gasteiger partial charge on any atom is 0.326 e. The number of likely N-dealkylation sites (tertiary alicyclic amines) is 1. The van der Waals surface area contributed by atoms with Crippen molar-refractivity contribution in [1.82, 2.24) is 24.8 Å². The Hall–Kier alpha value is -2.93. The summed E-state index contributed by atoms with van der Waals surface area (Å²) in [4.78, 5) is 34.5. The smallest absolute Gasteiger partial charge is 0.326 e. The molecule has 1 saturated heterocycles. The molecule has 1 aliphatic heterocycles. The SMILES string of the molecule is O=C(NC1CCC(N2CCC(n3c(=O)[nH]c4ccccc43)CC2)CC1)c1cccnc1. The molecule has 2 aromatic heterocycles. The summed E-state index contributed by atoms with van der Waals surface area (Å²) in [7, 11) is 0. The van der Waals surface area contributed by atoms with Crippen LogP contribution in [0.4, 0.5) is 0 Å². The van der Waals surface area contributed by atoms with Gasteiger partial charge in [0.25, 0.3) is 5.91 Å². The molecule has 31 heavy (non-hydrogen) atoms. The number of carbonyl (C=O) groups is 1. The number of fused-ring (bicyclic) bond motifs is 1. The van der Waals surface area contributed by atoms with Crippen LogP contribution in [-0.2, 0) is 0 Å². The lowest BCUT2D eigenvalue weighted by Crippen LogP contribution is -2.47. The van der Waals surface area contributed by atoms with E-state index in [4.69, 9.17) is 0 Å². The lowest BCUT2D eigenvalue weighted by Gasteiger charge is -2.41. The molecule has 0 bridgehead atoms. The second kappa shape index (κ2) is 8.67. The fraction of sp³-hybridized carbons (Fsp3) is 0.458. The molecule has 1 amide bonds. The summed E-state index contributed by atoms with van der Waals surface area (Å²) in [5.74, 6) is -0.0264. The van der Waals surface area contributed by atoms with Gasteiger partial charge in [0.15, 0.2) is 0 Å². The number of aromatic amines is 1. The Morgan fingerprint density at radius 2 is 1.74 bits per heavy atom. The topological polar surface area (TPSA) is 83.0 Å². The number of pyridine rings is 1. The van der Waals surface area contributed by atoms with E-state index in [9.17, 15) is 9.59 Å². The number of nitrogens with one attached hydrogen (secondary N) is 2. The van der Waals surface area contributed by atoms with Gasteiger partial charge in [-0.15, -0.1) is 0 Å². The van der Waals surface area contributed by atoms with Gasteiger partial charge < -0.3 is 15.2 Å². The van der Waals surface area contributed by atoms with Crippen LogP contribution in [0.15, 0.2) is 53.6 Å². The van der Waals surface area contributed by atoms with Gasteiger partial charge in [-0.1, -0.05) is 12.1 Å². The van der Waals surface area contributed by atoms with Crippen LogP contribution in [0.3, 0.4) is 0 Å². The molecule has 1 aromatic carbocycles. The molecule has 7 nitrogen and oxygen atoms in total. The van der Waals surface area contributed by atoms with Gasteiger partial charge in [0.2, 0.25) is 0 Å². The molecule has 2 fully saturated rings. The summed E-state index contributed by atoms with van der Waals surface area (Å²) < 4.78 is 1.96. The van der Waals surface area contributed by atoms with Gasteiger partial charge in [-0.05, 0) is 62.8 Å². The summed E-state index contributed by atoms with van der Waals surface area (Å²) in [6.07, 6.45) is 9.53. The second-order valence-electron chi connectivity index (χ2n) is 8.81. The number of carbonyl (C=O) groups excluding carboxylic acids is 1. The molecule has 0 atom stereocenters. The van der Waals surface area contributed by atoms with Crippen molar-refractivity contribution < 1.29 is 4.79 Å². The first-order chi connectivity index (χ1) is 15.2. The van der Waals surface area contributed by atoms with Crippen molar-refractivity contribution in [1.29, 1.82) is 0 Å². The van der Waals surface area contributed by atoms with Crippen LogP contribution in [0, 0.1) is 0 Å². The number of amides is 1. The van der Waals surface area contributed by atoms with E-state index in [2.05, 4.69) is 20.2 Å². The number of imidazole rings is 1. The zero-order chi connectivity index (χ0) is 21.2. The number of rotatable bonds is 4. The molecule has 7 heteroatoms. The zero-order valence-corrected chi connectivity index (χ0v) is 17.7. The van der Waals surface area contributed by atoms with Gasteiger partial charge in [-0.2, -0.15) is 0 Å². The monoisotopic (exact) mass is 419 g/mol. The number of benzene rings is 1. The van der Waals surface area contributed by atoms with Crippen LogP contribution in [0.5, 0.6) is 0 Å². The summed E-state index contributed by atoms with van der Waals surface area (Å²) in [5, 5.41) is 3.17. The molecular weight excluding hydrogens is 390 g/mol. The summed E-state index contributed by atoms with van der Waals surface area (Å²) in [5.41, 5.74) is 2.56. The molecular formula is C24H29N5O2. The first-order valence-corrected chi connectivity index (χ1v) is 11.3. The molecule has 2 N–H and O–H groups in total. The minimum atomic E-state index is -0.0264. The maximum absolute atomic E-state index is 12.5. The number of hydrogen-bond acceptors (Lipinski definition) is 4. The zero-order valence-electron chi connectivity index (χ0n) is 17.7. The number of piperidine rings is 1. The predicted octanol–water partition coefficient (Wildman–Crippen LogP) is 3.10. The predicted molar refractivity (Wildman–Crippen MR) is 120 cm³/mol. The molecule has 0 unspecified atom stereocenters. The van der Waals surface area contributed by atoms with Crippen LogP contribution >= 0.6 is 0 Å². The van der Waals surface area contributed by atoms with Crippen molar-refractivity contribution in [2.45, 2.75) is 56.7 Å². The van der Waals surface area contributed by atoms with Crippen LogP contribution in [0.1, 0.15) is 54.9 Å². The van der Waals surface area contributed by atoms with Crippen molar-refractivity contribution in [2.24, 2.45) is 0 Å². The summed E-state index contributed by atoms with van der Waals surface area (Å²) in [6.45, 7) is 2.04. The van der Waals surface area contributed by atoms with Crippen molar-refractivity contribution in [2.75, 3.05) is 13.1 Å². The highest BCUT2D eigenvalue weighted by Crippen LogP contribution is 2.30. The third kappa shape index (κ3) is 4.14. The van der Waals surface area contributed by atoms with Crippen LogP contribution in [0.25, 0.3) is 11.0 Å². The number of H-pyrrole nitrogens is 1. The van der Waals surface area contributed by atoms with Gasteiger partial charge >= 0.3 is 5.69 Å². The molecule has 0 spiro atoms. The quantitative estimate of drug-likeness (QED) is 0.681. The highest BCUT2D eigenvalue weighted by molar-refractivity contribution is 5.94. The van der Waals surface area contributed by atoms with Crippen molar-refractivity contribution >= 4 is 16.9 Å². The Morgan fingerprint density at radius 3 is 2.48 bits per heavy atom. The van der Waals surface area contributed by atoms with Crippen LogP contribution in [0.2, 0.25) is 0 Å². The Bertz CT molecular complexity index is 1090. The fourth-order valence-electron chi connectivity index (χ4n) is 5.30. The lowest BCUT2D eigenvalue weighted by atomic mass is 9.88. The molecule has 1 saturated carbocycles. The molecule has 2 aliphatic rings. The average molecular weight is 420 g/mol. The molecule has 0 radical (unpaired) electrons. The van der Waals surface area contributed by atoms with E-state index in [-0.39, 0.29) is 23.7 Å². The van der Waals surface area contributed by atoms with E-state index in [1.54, 1.807) is 24.5 Å². The second-order valence-corrected chi connectivity index (χ2v) is 8.81. The number of aromatic nitrogens is 3. The normalized spacial score (nSPS) is 23.1. The summed E-state index contributed by atoms with van der Waals surface area (Å²) >= 11 is 0. The molecule has 162 valence electrons. The van der Waals surface area contributed by atoms with E-state index in [0.29, 0.717) is 11.6 Å². The average Bonchev–Trinajstić information content (AvgIpc) is 3.16. The number of hydrogen-bond donors (Lipinski definition) is 2. The van der Waals surface area contributed by atoms with E-state index in [1.807, 2.05) is 28.8 Å². The standard InChI is InChI=1S/C24H29N5O2/c30-23(17-4-3-13-25-16-17)26-18-7-9-19(10-8-18)28-14-11-20(12-15-28)29-22-6-2-1-5-21(22)27-24(29)31/h1-6,13,16,18-20H,7-12,14-15H2,(H,26,30)(H,27,31). The molecule has 3 heterocycles. The fourth-order valence-corrected chi connectivity index (χ4v) is 5.30. The van der Waals surface area contributed by atoms with Crippen LogP contribution < -0.4 is 11.0 Å². The first-order valence-electron chi connectivity index (χ1n) is 11.3. The van der Waals surface area contributed by atoms with E-state index in [1.165, 1.54) is 0 Å². The third-order valence-electron chi connectivity index (χ3n) is 6.96. The Kier molecular flexibility index (Phi) is 5.59. The van der Waals surface area contributed by atoms with Crippen molar-refractivity contribution in [3.8, 4) is 0 Å². The Balaban J connectivity index is 1.14. The first kappa shape index (κ1) is 20.0. The highest BCUT2D eigenvalue weighted by Gasteiger charge is 2.31. The van der Waals surface area contributed by atoms with Crippen molar-refractivity contribution in [3.05, 3.63) is 64.8 Å². The molecule has 3 aromatic rings. The maximum atomic E-state index is 12.5. The highest BCUT2D eigenvalue weighted by atomic mass is 16.2. The largest absolute Gasteiger partial charge is 0.349 e. The third-order valence-corrected chi connectivity index (χ3v) is 6.96. The van der Waals surface area contributed by atoms with E-state index >= 15 is 0 Å². The van der Waals surface area contributed by atoms with Gasteiger partial charge in [-0.25, -0.2) is 4.79 Å². The minimum absolute atomic E-state index is 0.00418. The van der Waals surface area contributed by atoms with Gasteiger partial charge in [0.1, 0.15) is 0 Å². The van der Waals surface area contributed by atoms with Gasteiger partial charge in [0, 0.05) is 43.6 Å². The van der Waals surface area contributed by atoms with E-state index in [0.717, 1.165) is 62.6 Å². The Morgan fingerprint density at radius 1 is 0.968 bits per heavy atom. The lowest BCUT2D eigenvalue weighted by molar-refractivity contribution is 0.0856. The molecule has 1 aliphatic carbocycles.